The summed E-state index contributed by atoms with van der Waals surface area (Å²) in [4.78, 5) is 16.9. The number of carbonyl (C=O) groups is 1. The van der Waals surface area contributed by atoms with Crippen LogP contribution in [0.3, 0.4) is 0 Å². The fraction of sp³-hybridized carbons (Fsp3) is 0.538. The molecular weight excluding hydrogens is 321 g/mol. The van der Waals surface area contributed by atoms with Crippen LogP contribution < -0.4 is 0 Å². The molecule has 9 heteroatoms. The van der Waals surface area contributed by atoms with Crippen LogP contribution in [0, 0.1) is 0 Å². The Hall–Kier alpha value is -1.64. The highest BCUT2D eigenvalue weighted by Gasteiger charge is 2.43. The minimum Gasteiger partial charge on any atom is -0.336 e. The molecule has 22 heavy (non-hydrogen) atoms. The van der Waals surface area contributed by atoms with Gasteiger partial charge in [-0.15, -0.1) is 0 Å². The molecule has 1 aromatic rings. The highest BCUT2D eigenvalue weighted by Crippen LogP contribution is 2.33. The van der Waals surface area contributed by atoms with E-state index in [0.717, 1.165) is 17.2 Å². The van der Waals surface area contributed by atoms with Gasteiger partial charge in [0.25, 0.3) is 5.91 Å². The Morgan fingerprint density at radius 1 is 1.36 bits per heavy atom. The molecule has 5 nitrogen and oxygen atoms in total. The van der Waals surface area contributed by atoms with Crippen LogP contribution in [0.15, 0.2) is 18.5 Å². The number of rotatable bonds is 1. The minimum atomic E-state index is -4.70. The Bertz CT molecular complexity index is 699. The second-order valence-electron chi connectivity index (χ2n) is 5.72. The molecule has 0 unspecified atom stereocenters. The molecule has 1 amide bonds. The largest absolute Gasteiger partial charge is 0.418 e. The normalized spacial score (nSPS) is 20.7. The van der Waals surface area contributed by atoms with Crippen LogP contribution in [-0.4, -0.2) is 47.8 Å². The number of halogens is 3. The average Bonchev–Trinajstić information content (AvgIpc) is 2.40. The predicted octanol–water partition coefficient (Wildman–Crippen LogP) is 1.75. The highest BCUT2D eigenvalue weighted by molar-refractivity contribution is 7.92. The van der Waals surface area contributed by atoms with Crippen LogP contribution >= 0.6 is 0 Å². The summed E-state index contributed by atoms with van der Waals surface area (Å²) in [5.41, 5.74) is -1.64. The molecule has 1 aliphatic heterocycles. The Balaban J connectivity index is 2.35. The second-order valence-corrected chi connectivity index (χ2v) is 8.47. The molecule has 0 spiro atoms. The Labute approximate surface area is 126 Å². The van der Waals surface area contributed by atoms with Crippen molar-refractivity contribution in [1.29, 1.82) is 0 Å². The number of hydrogen-bond donors (Lipinski definition) is 0. The van der Waals surface area contributed by atoms with Gasteiger partial charge in [0, 0.05) is 25.5 Å². The van der Waals surface area contributed by atoms with Gasteiger partial charge in [-0.05, 0) is 19.9 Å². The van der Waals surface area contributed by atoms with Crippen molar-refractivity contribution in [3.05, 3.63) is 29.6 Å². The van der Waals surface area contributed by atoms with E-state index in [0.29, 0.717) is 6.20 Å². The van der Waals surface area contributed by atoms with Gasteiger partial charge >= 0.3 is 6.18 Å². The molecule has 0 atom stereocenters. The van der Waals surface area contributed by atoms with Crippen molar-refractivity contribution >= 4 is 15.7 Å². The number of amides is 1. The van der Waals surface area contributed by atoms with E-state index in [1.165, 1.54) is 13.8 Å². The Morgan fingerprint density at radius 3 is 2.55 bits per heavy atom. The van der Waals surface area contributed by atoms with E-state index in [2.05, 4.69) is 4.98 Å². The smallest absolute Gasteiger partial charge is 0.336 e. The summed E-state index contributed by atoms with van der Waals surface area (Å²) in [7, 11) is -3.38. The average molecular weight is 336 g/mol. The van der Waals surface area contributed by atoms with Crippen LogP contribution in [-0.2, 0) is 16.0 Å². The molecule has 1 fully saturated rings. The lowest BCUT2D eigenvalue weighted by Crippen LogP contribution is -2.54. The monoisotopic (exact) mass is 336 g/mol. The van der Waals surface area contributed by atoms with E-state index in [9.17, 15) is 26.4 Å². The molecule has 0 saturated carbocycles. The van der Waals surface area contributed by atoms with Gasteiger partial charge in [-0.1, -0.05) is 0 Å². The summed E-state index contributed by atoms with van der Waals surface area (Å²) < 4.78 is 61.5. The van der Waals surface area contributed by atoms with Gasteiger partial charge in [-0.3, -0.25) is 9.78 Å². The molecule has 2 rings (SSSR count). The standard InChI is InChI=1S/C13H15F3N2O3S/c1-12(2)8-18(5-6-22(12,20)21)11(19)9-3-4-17-7-10(9)13(14,15)16/h3-4,7H,5-6,8H2,1-2H3. The van der Waals surface area contributed by atoms with E-state index in [1.54, 1.807) is 0 Å². The zero-order chi connectivity index (χ0) is 16.8. The summed E-state index contributed by atoms with van der Waals surface area (Å²) in [6.45, 7) is 2.65. The summed E-state index contributed by atoms with van der Waals surface area (Å²) in [6, 6.07) is 1.00. The number of nitrogens with zero attached hydrogens (tertiary/aromatic N) is 2. The van der Waals surface area contributed by atoms with Crippen LogP contribution in [0.1, 0.15) is 29.8 Å². The summed E-state index contributed by atoms with van der Waals surface area (Å²) in [5.74, 6) is -1.10. The summed E-state index contributed by atoms with van der Waals surface area (Å²) >= 11 is 0. The maximum Gasteiger partial charge on any atom is 0.418 e. The van der Waals surface area contributed by atoms with Gasteiger partial charge in [-0.25, -0.2) is 8.42 Å². The van der Waals surface area contributed by atoms with Gasteiger partial charge in [0.2, 0.25) is 0 Å². The minimum absolute atomic E-state index is 0.121. The van der Waals surface area contributed by atoms with E-state index in [1.807, 2.05) is 0 Å². The fourth-order valence-electron chi connectivity index (χ4n) is 2.29. The molecule has 0 radical (unpaired) electrons. The first-order valence-electron chi connectivity index (χ1n) is 6.48. The van der Waals surface area contributed by atoms with Crippen molar-refractivity contribution in [3.8, 4) is 0 Å². The van der Waals surface area contributed by atoms with Crippen LogP contribution in [0.2, 0.25) is 0 Å². The van der Waals surface area contributed by atoms with E-state index in [4.69, 9.17) is 0 Å². The van der Waals surface area contributed by atoms with Crippen molar-refractivity contribution < 1.29 is 26.4 Å². The molecule has 1 saturated heterocycles. The fourth-order valence-corrected chi connectivity index (χ4v) is 3.66. The SMILES string of the molecule is CC1(C)CN(C(=O)c2ccncc2C(F)(F)F)CCS1(=O)=O. The highest BCUT2D eigenvalue weighted by atomic mass is 32.2. The van der Waals surface area contributed by atoms with Crippen LogP contribution in [0.5, 0.6) is 0 Å². The zero-order valence-corrected chi connectivity index (χ0v) is 12.8. The van der Waals surface area contributed by atoms with E-state index in [-0.39, 0.29) is 18.8 Å². The van der Waals surface area contributed by atoms with Gasteiger partial charge in [0.05, 0.1) is 21.6 Å². The number of aromatic nitrogens is 1. The third-order valence-electron chi connectivity index (χ3n) is 3.69. The maximum atomic E-state index is 12.9. The van der Waals surface area contributed by atoms with Gasteiger partial charge in [0.1, 0.15) is 0 Å². The number of alkyl halides is 3. The maximum absolute atomic E-state index is 12.9. The summed E-state index contributed by atoms with van der Waals surface area (Å²) in [6.07, 6.45) is -3.00. The van der Waals surface area contributed by atoms with Crippen molar-refractivity contribution in [2.75, 3.05) is 18.8 Å². The molecule has 0 bridgehead atoms. The quantitative estimate of drug-likeness (QED) is 0.784. The second kappa shape index (κ2) is 5.22. The third kappa shape index (κ3) is 2.94. The first-order valence-corrected chi connectivity index (χ1v) is 8.14. The Morgan fingerprint density at radius 2 is 2.00 bits per heavy atom. The molecule has 1 aliphatic rings. The van der Waals surface area contributed by atoms with Crippen LogP contribution in [0.4, 0.5) is 13.2 Å². The lowest BCUT2D eigenvalue weighted by atomic mass is 10.1. The van der Waals surface area contributed by atoms with Gasteiger partial charge in [0.15, 0.2) is 9.84 Å². The van der Waals surface area contributed by atoms with E-state index < -0.39 is 37.8 Å². The molecule has 0 aromatic carbocycles. The van der Waals surface area contributed by atoms with Gasteiger partial charge in [-0.2, -0.15) is 13.2 Å². The third-order valence-corrected chi connectivity index (χ3v) is 6.22. The topological polar surface area (TPSA) is 67.3 Å². The number of hydrogen-bond acceptors (Lipinski definition) is 4. The zero-order valence-electron chi connectivity index (χ0n) is 12.0. The molecular formula is C13H15F3N2O3S. The van der Waals surface area contributed by atoms with Crippen molar-refractivity contribution in [2.45, 2.75) is 24.8 Å². The molecule has 0 N–H and O–H groups in total. The van der Waals surface area contributed by atoms with E-state index >= 15 is 0 Å². The number of carbonyl (C=O) groups excluding carboxylic acids is 1. The van der Waals surface area contributed by atoms with Crippen molar-refractivity contribution in [3.63, 3.8) is 0 Å². The first-order chi connectivity index (χ1) is 9.96. The molecule has 1 aromatic heterocycles. The Kier molecular flexibility index (Phi) is 3.97. The summed E-state index contributed by atoms with van der Waals surface area (Å²) in [5, 5.41) is 0. The molecule has 122 valence electrons. The molecule has 2 heterocycles. The van der Waals surface area contributed by atoms with Crippen molar-refractivity contribution in [2.24, 2.45) is 0 Å². The lowest BCUT2D eigenvalue weighted by Gasteiger charge is -2.37. The lowest BCUT2D eigenvalue weighted by molar-refractivity contribution is -0.138. The molecule has 0 aliphatic carbocycles. The number of sulfone groups is 1. The number of pyridine rings is 1. The first kappa shape index (κ1) is 16.7. The van der Waals surface area contributed by atoms with Gasteiger partial charge < -0.3 is 4.90 Å². The van der Waals surface area contributed by atoms with Crippen molar-refractivity contribution in [1.82, 2.24) is 9.88 Å². The predicted molar refractivity (Wildman–Crippen MR) is 73.0 cm³/mol. The van der Waals surface area contributed by atoms with Crippen LogP contribution in [0.25, 0.3) is 0 Å².